The van der Waals surface area contributed by atoms with E-state index in [1.165, 1.54) is 0 Å². The summed E-state index contributed by atoms with van der Waals surface area (Å²) in [5, 5.41) is 8.42. The topological polar surface area (TPSA) is 145 Å². The molecule has 0 saturated carbocycles. The third-order valence-electron chi connectivity index (χ3n) is 1.65. The molecule has 11 heteroatoms. The first-order valence-electron chi connectivity index (χ1n) is 5.15. The Labute approximate surface area is 115 Å². The van der Waals surface area contributed by atoms with Crippen LogP contribution in [0.3, 0.4) is 0 Å². The van der Waals surface area contributed by atoms with Gasteiger partial charge in [0.15, 0.2) is 0 Å². The Balaban J connectivity index is 3.82. The maximum atomic E-state index is 11.2. The lowest BCUT2D eigenvalue weighted by Crippen LogP contribution is -2.34. The number of rotatable bonds is 10. The summed E-state index contributed by atoms with van der Waals surface area (Å²) < 4.78 is 24.6. The number of carbonyl (C=O) groups is 2. The molecule has 0 aromatic rings. The van der Waals surface area contributed by atoms with Crippen LogP contribution in [0.2, 0.25) is 0 Å². The van der Waals surface area contributed by atoms with Crippen molar-refractivity contribution in [2.45, 2.75) is 12.5 Å². The molecule has 0 aromatic carbocycles. The molecule has 9 nitrogen and oxygen atoms in total. The zero-order valence-electron chi connectivity index (χ0n) is 9.93. The van der Waals surface area contributed by atoms with Crippen molar-refractivity contribution >= 4 is 32.4 Å². The summed E-state index contributed by atoms with van der Waals surface area (Å²) >= 11 is 3.82. The largest absolute Gasteiger partial charge is 0.480 e. The number of hydrogen-bond acceptors (Lipinski definition) is 8. The minimum absolute atomic E-state index is 0.115. The molecule has 4 N–H and O–H groups in total. The van der Waals surface area contributed by atoms with Crippen molar-refractivity contribution in [2.75, 3.05) is 25.6 Å². The molecular formula is C8H16NO8PS. The fourth-order valence-electron chi connectivity index (χ4n) is 0.755. The second-order valence-corrected chi connectivity index (χ2v) is 5.14. The van der Waals surface area contributed by atoms with Gasteiger partial charge in [-0.05, 0) is 0 Å². The highest BCUT2D eigenvalue weighted by molar-refractivity contribution is 7.80. The van der Waals surface area contributed by atoms with E-state index >= 15 is 0 Å². The van der Waals surface area contributed by atoms with E-state index in [9.17, 15) is 14.2 Å². The number of carboxylic acids is 1. The van der Waals surface area contributed by atoms with Gasteiger partial charge in [0, 0.05) is 5.75 Å². The van der Waals surface area contributed by atoms with Gasteiger partial charge in [-0.15, -0.1) is 0 Å². The fourth-order valence-corrected chi connectivity index (χ4v) is 1.67. The summed E-state index contributed by atoms with van der Waals surface area (Å²) in [7, 11) is -4.41. The highest BCUT2D eigenvalue weighted by atomic mass is 32.1. The van der Waals surface area contributed by atoms with Crippen LogP contribution >= 0.6 is 20.5 Å². The van der Waals surface area contributed by atoms with Gasteiger partial charge in [-0.2, -0.15) is 12.6 Å². The van der Waals surface area contributed by atoms with Crippen molar-refractivity contribution in [3.8, 4) is 0 Å². The van der Waals surface area contributed by atoms with Gasteiger partial charge in [0.05, 0.1) is 19.6 Å². The van der Waals surface area contributed by atoms with Gasteiger partial charge in [-0.1, -0.05) is 0 Å². The van der Waals surface area contributed by atoms with Crippen molar-refractivity contribution in [3.63, 3.8) is 0 Å². The Bertz CT molecular complexity index is 352. The molecule has 0 saturated heterocycles. The van der Waals surface area contributed by atoms with E-state index in [2.05, 4.69) is 26.4 Å². The Morgan fingerprint density at radius 3 is 2.47 bits per heavy atom. The molecule has 112 valence electrons. The van der Waals surface area contributed by atoms with Gasteiger partial charge in [0.25, 0.3) is 0 Å². The molecule has 0 spiro atoms. The molecule has 0 aromatic heterocycles. The third kappa shape index (κ3) is 9.88. The molecule has 0 fully saturated rings. The van der Waals surface area contributed by atoms with Crippen LogP contribution < -0.4 is 5.73 Å². The minimum Gasteiger partial charge on any atom is -0.480 e. The standard InChI is InChI=1S/C8H16NO8PS/c9-6(8(11)12)5-17-18(13,14)16-3-2-15-7(10)1-4-19/h6,19H,1-5,9H2,(H,11,12)(H,13,14). The molecule has 0 heterocycles. The first-order valence-corrected chi connectivity index (χ1v) is 7.28. The number of carbonyl (C=O) groups excluding carboxylic acids is 1. The Morgan fingerprint density at radius 2 is 1.95 bits per heavy atom. The fraction of sp³-hybridized carbons (Fsp3) is 0.750. The van der Waals surface area contributed by atoms with Crippen LogP contribution in [0, 0.1) is 0 Å². The summed E-state index contributed by atoms with van der Waals surface area (Å²) in [5.74, 6) is -1.56. The number of esters is 1. The van der Waals surface area contributed by atoms with Crippen LogP contribution in [0.25, 0.3) is 0 Å². The molecular weight excluding hydrogens is 301 g/mol. The Hall–Kier alpha value is -0.640. The monoisotopic (exact) mass is 317 g/mol. The van der Waals surface area contributed by atoms with Crippen LogP contribution in [0.5, 0.6) is 0 Å². The maximum Gasteiger partial charge on any atom is 0.472 e. The molecule has 0 radical (unpaired) electrons. The molecule has 0 rings (SSSR count). The predicted octanol–water partition coefficient (Wildman–Crippen LogP) is -0.605. The van der Waals surface area contributed by atoms with E-state index in [-0.39, 0.29) is 19.6 Å². The first kappa shape index (κ1) is 18.4. The van der Waals surface area contributed by atoms with E-state index < -0.39 is 32.4 Å². The number of ether oxygens (including phenoxy) is 1. The van der Waals surface area contributed by atoms with E-state index in [1.807, 2.05) is 0 Å². The second-order valence-electron chi connectivity index (χ2n) is 3.24. The third-order valence-corrected chi connectivity index (χ3v) is 2.86. The zero-order valence-corrected chi connectivity index (χ0v) is 11.7. The van der Waals surface area contributed by atoms with E-state index in [4.69, 9.17) is 15.7 Å². The van der Waals surface area contributed by atoms with Gasteiger partial charge < -0.3 is 20.5 Å². The Kier molecular flexibility index (Phi) is 8.98. The maximum absolute atomic E-state index is 11.2. The lowest BCUT2D eigenvalue weighted by molar-refractivity contribution is -0.144. The normalized spacial score (nSPS) is 15.5. The number of phosphoric acid groups is 1. The van der Waals surface area contributed by atoms with Gasteiger partial charge in [0.2, 0.25) is 0 Å². The van der Waals surface area contributed by atoms with Gasteiger partial charge in [-0.3, -0.25) is 18.6 Å². The highest BCUT2D eigenvalue weighted by Gasteiger charge is 2.24. The van der Waals surface area contributed by atoms with Gasteiger partial charge >= 0.3 is 19.8 Å². The lowest BCUT2D eigenvalue weighted by Gasteiger charge is -2.13. The van der Waals surface area contributed by atoms with Crippen molar-refractivity contribution in [3.05, 3.63) is 0 Å². The first-order chi connectivity index (χ1) is 8.78. The number of carboxylic acid groups (broad SMARTS) is 1. The van der Waals surface area contributed by atoms with Crippen LogP contribution in [0.4, 0.5) is 0 Å². The molecule has 2 unspecified atom stereocenters. The number of hydrogen-bond donors (Lipinski definition) is 4. The summed E-state index contributed by atoms with van der Waals surface area (Å²) in [4.78, 5) is 30.3. The number of nitrogens with two attached hydrogens (primary N) is 1. The summed E-state index contributed by atoms with van der Waals surface area (Å²) in [6.07, 6.45) is 0.115. The van der Waals surface area contributed by atoms with Crippen LogP contribution in [0.1, 0.15) is 6.42 Å². The lowest BCUT2D eigenvalue weighted by atomic mass is 10.3. The summed E-state index contributed by atoms with van der Waals surface area (Å²) in [5.41, 5.74) is 5.06. The molecule has 0 aliphatic carbocycles. The van der Waals surface area contributed by atoms with Crippen LogP contribution in [0.15, 0.2) is 0 Å². The van der Waals surface area contributed by atoms with Crippen molar-refractivity contribution in [1.82, 2.24) is 0 Å². The summed E-state index contributed by atoms with van der Waals surface area (Å²) in [6.45, 7) is -1.28. The second kappa shape index (κ2) is 9.29. The SMILES string of the molecule is NC(COP(=O)(O)OCCOC(=O)CCS)C(=O)O. The molecule has 0 amide bonds. The van der Waals surface area contributed by atoms with E-state index in [0.717, 1.165) is 0 Å². The van der Waals surface area contributed by atoms with Crippen molar-refractivity contribution in [2.24, 2.45) is 5.73 Å². The summed E-state index contributed by atoms with van der Waals surface area (Å²) in [6, 6.07) is -1.43. The molecule has 2 atom stereocenters. The molecule has 0 aliphatic heterocycles. The number of aliphatic carboxylic acids is 1. The van der Waals surface area contributed by atoms with E-state index in [1.54, 1.807) is 0 Å². The highest BCUT2D eigenvalue weighted by Crippen LogP contribution is 2.42. The minimum atomic E-state index is -4.41. The molecule has 0 aliphatic rings. The molecule has 19 heavy (non-hydrogen) atoms. The smallest absolute Gasteiger partial charge is 0.472 e. The van der Waals surface area contributed by atoms with E-state index in [0.29, 0.717) is 5.75 Å². The predicted molar refractivity (Wildman–Crippen MR) is 66.8 cm³/mol. The molecule has 0 bridgehead atoms. The number of phosphoric ester groups is 1. The average molecular weight is 317 g/mol. The average Bonchev–Trinajstić information content (AvgIpc) is 2.32. The van der Waals surface area contributed by atoms with Gasteiger partial charge in [-0.25, -0.2) is 4.57 Å². The van der Waals surface area contributed by atoms with Crippen LogP contribution in [-0.2, 0) is 27.9 Å². The Morgan fingerprint density at radius 1 is 1.32 bits per heavy atom. The van der Waals surface area contributed by atoms with Crippen molar-refractivity contribution in [1.29, 1.82) is 0 Å². The van der Waals surface area contributed by atoms with Gasteiger partial charge in [0.1, 0.15) is 12.6 Å². The zero-order chi connectivity index (χ0) is 14.9. The van der Waals surface area contributed by atoms with Crippen LogP contribution in [-0.4, -0.2) is 53.6 Å². The van der Waals surface area contributed by atoms with Crippen molar-refractivity contribution < 1.29 is 37.9 Å². The quantitative estimate of drug-likeness (QED) is 0.179. The number of thiol groups is 1.